The number of nitrogens with one attached hydrogen (secondary N) is 1. The van der Waals surface area contributed by atoms with E-state index in [-0.39, 0.29) is 0 Å². The van der Waals surface area contributed by atoms with Gasteiger partial charge in [0.2, 0.25) is 0 Å². The molecule has 1 aromatic carbocycles. The molecule has 0 fully saturated rings. The van der Waals surface area contributed by atoms with E-state index in [0.29, 0.717) is 15.6 Å². The Labute approximate surface area is 105 Å². The summed E-state index contributed by atoms with van der Waals surface area (Å²) in [6, 6.07) is 3.58. The lowest BCUT2D eigenvalue weighted by molar-refractivity contribution is 0.601. The number of rotatable bonds is 4. The second kappa shape index (κ2) is 5.09. The second-order valence-electron chi connectivity index (χ2n) is 3.70. The molecule has 0 aliphatic carbocycles. The van der Waals surface area contributed by atoms with Crippen molar-refractivity contribution in [1.29, 1.82) is 0 Å². The normalized spacial score (nSPS) is 11.2. The van der Waals surface area contributed by atoms with E-state index in [1.165, 1.54) is 0 Å². The van der Waals surface area contributed by atoms with Gasteiger partial charge in [0.05, 0.1) is 11.3 Å². The van der Waals surface area contributed by atoms with Crippen LogP contribution in [-0.2, 0) is 6.54 Å². The molecule has 0 aliphatic rings. The van der Waals surface area contributed by atoms with Gasteiger partial charge < -0.3 is 9.73 Å². The number of halogens is 2. The zero-order chi connectivity index (χ0) is 11.5. The average molecular weight is 258 g/mol. The smallest absolute Gasteiger partial charge is 0.152 e. The molecule has 0 atom stereocenters. The van der Waals surface area contributed by atoms with Gasteiger partial charge in [0.15, 0.2) is 5.58 Å². The summed E-state index contributed by atoms with van der Waals surface area (Å²) < 4.78 is 5.43. The molecule has 0 spiro atoms. The lowest BCUT2D eigenvalue weighted by Crippen LogP contribution is -2.13. The van der Waals surface area contributed by atoms with Crippen LogP contribution in [0.1, 0.15) is 18.9 Å². The fraction of sp³-hybridized carbons (Fsp3) is 0.333. The third-order valence-corrected chi connectivity index (χ3v) is 2.91. The van der Waals surface area contributed by atoms with E-state index < -0.39 is 0 Å². The molecule has 0 amide bonds. The van der Waals surface area contributed by atoms with Gasteiger partial charge in [0, 0.05) is 22.5 Å². The zero-order valence-corrected chi connectivity index (χ0v) is 10.5. The molecule has 4 heteroatoms. The van der Waals surface area contributed by atoms with Gasteiger partial charge in [-0.25, -0.2) is 0 Å². The summed E-state index contributed by atoms with van der Waals surface area (Å²) in [5.41, 5.74) is 1.80. The largest absolute Gasteiger partial charge is 0.462 e. The van der Waals surface area contributed by atoms with Gasteiger partial charge in [-0.1, -0.05) is 30.1 Å². The van der Waals surface area contributed by atoms with Gasteiger partial charge in [0.1, 0.15) is 0 Å². The first-order chi connectivity index (χ1) is 7.72. The van der Waals surface area contributed by atoms with Gasteiger partial charge >= 0.3 is 0 Å². The Morgan fingerprint density at radius 2 is 2.12 bits per heavy atom. The van der Waals surface area contributed by atoms with E-state index in [0.717, 1.165) is 30.5 Å². The molecular weight excluding hydrogens is 245 g/mol. The van der Waals surface area contributed by atoms with Crippen LogP contribution in [0, 0.1) is 0 Å². The Bertz CT molecular complexity index is 493. The highest BCUT2D eigenvalue weighted by Gasteiger charge is 2.09. The molecule has 1 N–H and O–H groups in total. The van der Waals surface area contributed by atoms with Gasteiger partial charge in [-0.3, -0.25) is 0 Å². The predicted octanol–water partition coefficient (Wildman–Crippen LogP) is 4.24. The van der Waals surface area contributed by atoms with E-state index in [2.05, 4.69) is 12.2 Å². The van der Waals surface area contributed by atoms with Crippen LogP contribution in [0.2, 0.25) is 10.0 Å². The first kappa shape index (κ1) is 11.8. The maximum atomic E-state index is 6.04. The molecule has 0 unspecified atom stereocenters. The summed E-state index contributed by atoms with van der Waals surface area (Å²) in [4.78, 5) is 0. The van der Waals surface area contributed by atoms with Crippen molar-refractivity contribution in [2.45, 2.75) is 19.9 Å². The first-order valence-corrected chi connectivity index (χ1v) is 6.03. The van der Waals surface area contributed by atoms with Crippen LogP contribution < -0.4 is 5.32 Å². The number of hydrogen-bond donors (Lipinski definition) is 1. The number of furan rings is 1. The molecule has 16 heavy (non-hydrogen) atoms. The molecule has 2 aromatic rings. The minimum absolute atomic E-state index is 0.559. The highest BCUT2D eigenvalue weighted by molar-refractivity contribution is 6.38. The van der Waals surface area contributed by atoms with Gasteiger partial charge in [-0.05, 0) is 25.1 Å². The maximum absolute atomic E-state index is 6.04. The summed E-state index contributed by atoms with van der Waals surface area (Å²) in [6.07, 6.45) is 2.84. The van der Waals surface area contributed by atoms with E-state index in [1.807, 2.05) is 6.07 Å². The van der Waals surface area contributed by atoms with Crippen LogP contribution in [0.5, 0.6) is 0 Å². The Morgan fingerprint density at radius 3 is 2.88 bits per heavy atom. The van der Waals surface area contributed by atoms with Crippen molar-refractivity contribution in [2.24, 2.45) is 0 Å². The van der Waals surface area contributed by atoms with Crippen LogP contribution in [0.4, 0.5) is 0 Å². The van der Waals surface area contributed by atoms with Crippen molar-refractivity contribution in [1.82, 2.24) is 5.32 Å². The average Bonchev–Trinajstić information content (AvgIpc) is 2.62. The minimum Gasteiger partial charge on any atom is -0.462 e. The van der Waals surface area contributed by atoms with E-state index >= 15 is 0 Å². The lowest BCUT2D eigenvalue weighted by atomic mass is 10.2. The fourth-order valence-electron chi connectivity index (χ4n) is 1.65. The van der Waals surface area contributed by atoms with Gasteiger partial charge in [0.25, 0.3) is 0 Å². The first-order valence-electron chi connectivity index (χ1n) is 5.28. The number of benzene rings is 1. The summed E-state index contributed by atoms with van der Waals surface area (Å²) in [6.45, 7) is 3.90. The van der Waals surface area contributed by atoms with Crippen molar-refractivity contribution in [3.63, 3.8) is 0 Å². The zero-order valence-electron chi connectivity index (χ0n) is 9.02. The molecule has 0 bridgehead atoms. The summed E-state index contributed by atoms with van der Waals surface area (Å²) in [7, 11) is 0. The van der Waals surface area contributed by atoms with Crippen LogP contribution >= 0.6 is 23.2 Å². The van der Waals surface area contributed by atoms with Crippen molar-refractivity contribution in [3.8, 4) is 0 Å². The monoisotopic (exact) mass is 257 g/mol. The molecule has 2 nitrogen and oxygen atoms in total. The Morgan fingerprint density at radius 1 is 1.31 bits per heavy atom. The van der Waals surface area contributed by atoms with Crippen molar-refractivity contribution < 1.29 is 4.42 Å². The van der Waals surface area contributed by atoms with Crippen LogP contribution in [0.25, 0.3) is 11.0 Å². The van der Waals surface area contributed by atoms with Crippen LogP contribution in [0.15, 0.2) is 22.8 Å². The van der Waals surface area contributed by atoms with Gasteiger partial charge in [-0.2, -0.15) is 0 Å². The molecule has 0 aliphatic heterocycles. The Balaban J connectivity index is 2.32. The SMILES string of the molecule is CCCNCc1coc2c(Cl)cc(Cl)cc12. The Hall–Kier alpha value is -0.700. The molecule has 1 aromatic heterocycles. The third-order valence-electron chi connectivity index (χ3n) is 2.42. The molecule has 0 radical (unpaired) electrons. The number of fused-ring (bicyclic) bond motifs is 1. The maximum Gasteiger partial charge on any atom is 0.152 e. The molecule has 2 rings (SSSR count). The van der Waals surface area contributed by atoms with Crippen LogP contribution in [0.3, 0.4) is 0 Å². The van der Waals surface area contributed by atoms with E-state index in [9.17, 15) is 0 Å². The molecule has 0 saturated heterocycles. The van der Waals surface area contributed by atoms with E-state index in [4.69, 9.17) is 27.6 Å². The minimum atomic E-state index is 0.559. The highest BCUT2D eigenvalue weighted by Crippen LogP contribution is 2.31. The van der Waals surface area contributed by atoms with Crippen LogP contribution in [-0.4, -0.2) is 6.54 Å². The molecule has 1 heterocycles. The third kappa shape index (κ3) is 2.34. The Kier molecular flexibility index (Phi) is 3.74. The van der Waals surface area contributed by atoms with Gasteiger partial charge in [-0.15, -0.1) is 0 Å². The topological polar surface area (TPSA) is 25.2 Å². The second-order valence-corrected chi connectivity index (χ2v) is 4.55. The highest BCUT2D eigenvalue weighted by atomic mass is 35.5. The fourth-order valence-corrected chi connectivity index (χ4v) is 2.19. The molecular formula is C12H13Cl2NO. The standard InChI is InChI=1S/C12H13Cl2NO/c1-2-3-15-6-8-7-16-12-10(8)4-9(13)5-11(12)14/h4-5,7,15H,2-3,6H2,1H3. The van der Waals surface area contributed by atoms with Crippen molar-refractivity contribution >= 4 is 34.2 Å². The summed E-state index contributed by atoms with van der Waals surface area (Å²) >= 11 is 12.0. The van der Waals surface area contributed by atoms with Crippen molar-refractivity contribution in [3.05, 3.63) is 34.0 Å². The molecule has 86 valence electrons. The molecule has 0 saturated carbocycles. The van der Waals surface area contributed by atoms with E-state index in [1.54, 1.807) is 12.3 Å². The summed E-state index contributed by atoms with van der Waals surface area (Å²) in [5.74, 6) is 0. The van der Waals surface area contributed by atoms with Crippen molar-refractivity contribution in [2.75, 3.05) is 6.54 Å². The lowest BCUT2D eigenvalue weighted by Gasteiger charge is -2.01. The summed E-state index contributed by atoms with van der Waals surface area (Å²) in [5, 5.41) is 5.50. The predicted molar refractivity (Wildman–Crippen MR) is 68.2 cm³/mol. The number of hydrogen-bond acceptors (Lipinski definition) is 2. The quantitative estimate of drug-likeness (QED) is 0.830.